The Kier molecular flexibility index (Phi) is 7.14. The first kappa shape index (κ1) is 23.7. The average molecular weight is 469 g/mol. The first-order chi connectivity index (χ1) is 16.4. The zero-order chi connectivity index (χ0) is 24.2. The quantitative estimate of drug-likeness (QED) is 0.541. The van der Waals surface area contributed by atoms with Crippen LogP contribution >= 0.6 is 0 Å². The van der Waals surface area contributed by atoms with Crippen molar-refractivity contribution in [2.75, 3.05) is 26.8 Å². The number of amides is 2. The molecule has 4 rings (SSSR count). The average Bonchev–Trinajstić information content (AvgIpc) is 3.38. The number of ether oxygens (including phenoxy) is 2. The van der Waals surface area contributed by atoms with Crippen molar-refractivity contribution in [2.24, 2.45) is 0 Å². The SMILES string of the molecule is COC(CNC(=O)OCC1c2ccccc2-c2ccccc21)CC(=O)N1C[C@@H](O)C[C@H]1C(=O)O. The van der Waals surface area contributed by atoms with Gasteiger partial charge in [0.2, 0.25) is 5.91 Å². The van der Waals surface area contributed by atoms with Crippen LogP contribution in [0.4, 0.5) is 4.79 Å². The number of aliphatic hydroxyl groups is 1. The molecule has 1 saturated heterocycles. The number of nitrogens with one attached hydrogen (secondary N) is 1. The number of aliphatic carboxylic acids is 1. The number of carbonyl (C=O) groups excluding carboxylic acids is 2. The van der Waals surface area contributed by atoms with E-state index in [-0.39, 0.29) is 38.5 Å². The van der Waals surface area contributed by atoms with Gasteiger partial charge in [0.25, 0.3) is 0 Å². The molecule has 2 aliphatic rings. The standard InChI is InChI=1S/C25H28N2O7/c1-33-16(11-23(29)27-13-15(28)10-22(27)24(30)31)12-26-25(32)34-14-21-19-8-4-2-6-17(19)18-7-3-5-9-20(18)21/h2-9,15-16,21-22,28H,10-14H2,1H3,(H,26,32)(H,30,31)/t15-,16?,22-/m0/s1. The summed E-state index contributed by atoms with van der Waals surface area (Å²) in [7, 11) is 1.41. The van der Waals surface area contributed by atoms with Gasteiger partial charge in [0.1, 0.15) is 12.6 Å². The highest BCUT2D eigenvalue weighted by Crippen LogP contribution is 2.44. The molecule has 1 aliphatic carbocycles. The maximum absolute atomic E-state index is 12.6. The number of nitrogens with zero attached hydrogens (tertiary/aromatic N) is 1. The van der Waals surface area contributed by atoms with Crippen LogP contribution in [0.15, 0.2) is 48.5 Å². The normalized spacial score (nSPS) is 19.9. The molecule has 3 atom stereocenters. The molecule has 0 bridgehead atoms. The number of hydrogen-bond acceptors (Lipinski definition) is 6. The van der Waals surface area contributed by atoms with E-state index in [1.165, 1.54) is 7.11 Å². The number of methoxy groups -OCH3 is 1. The molecule has 2 amide bonds. The van der Waals surface area contributed by atoms with Gasteiger partial charge in [-0.25, -0.2) is 9.59 Å². The van der Waals surface area contributed by atoms with Gasteiger partial charge in [0.15, 0.2) is 0 Å². The molecule has 9 nitrogen and oxygen atoms in total. The molecule has 0 saturated carbocycles. The summed E-state index contributed by atoms with van der Waals surface area (Å²) in [6, 6.07) is 15.0. The van der Waals surface area contributed by atoms with Crippen molar-refractivity contribution in [1.82, 2.24) is 10.2 Å². The molecule has 3 N–H and O–H groups in total. The first-order valence-corrected chi connectivity index (χ1v) is 11.2. The Morgan fingerprint density at radius 1 is 1.09 bits per heavy atom. The number of likely N-dealkylation sites (tertiary alicyclic amines) is 1. The molecular weight excluding hydrogens is 440 g/mol. The van der Waals surface area contributed by atoms with E-state index < -0.39 is 36.2 Å². The molecule has 1 unspecified atom stereocenters. The monoisotopic (exact) mass is 468 g/mol. The van der Waals surface area contributed by atoms with Crippen molar-refractivity contribution < 1.29 is 34.1 Å². The van der Waals surface area contributed by atoms with Crippen LogP contribution in [0.25, 0.3) is 11.1 Å². The predicted molar refractivity (Wildman–Crippen MR) is 122 cm³/mol. The van der Waals surface area contributed by atoms with E-state index in [1.807, 2.05) is 36.4 Å². The summed E-state index contributed by atoms with van der Waals surface area (Å²) in [5.41, 5.74) is 4.49. The van der Waals surface area contributed by atoms with Gasteiger partial charge in [-0.05, 0) is 22.3 Å². The summed E-state index contributed by atoms with van der Waals surface area (Å²) in [5, 5.41) is 21.6. The zero-order valence-corrected chi connectivity index (χ0v) is 18.8. The van der Waals surface area contributed by atoms with E-state index >= 15 is 0 Å². The Hall–Kier alpha value is -3.43. The summed E-state index contributed by atoms with van der Waals surface area (Å²) in [6.07, 6.45) is -2.30. The Labute approximate surface area is 197 Å². The molecule has 1 fully saturated rings. The van der Waals surface area contributed by atoms with Crippen LogP contribution in [-0.2, 0) is 19.1 Å². The van der Waals surface area contributed by atoms with E-state index in [2.05, 4.69) is 17.4 Å². The number of aliphatic hydroxyl groups excluding tert-OH is 1. The third-order valence-electron chi connectivity index (χ3n) is 6.44. The summed E-state index contributed by atoms with van der Waals surface area (Å²) < 4.78 is 10.8. The number of hydrogen-bond donors (Lipinski definition) is 3. The lowest BCUT2D eigenvalue weighted by atomic mass is 9.98. The maximum atomic E-state index is 12.6. The zero-order valence-electron chi connectivity index (χ0n) is 18.8. The van der Waals surface area contributed by atoms with E-state index in [4.69, 9.17) is 9.47 Å². The van der Waals surface area contributed by atoms with Gasteiger partial charge in [-0.15, -0.1) is 0 Å². The minimum absolute atomic E-state index is 0.00325. The first-order valence-electron chi connectivity index (χ1n) is 11.2. The van der Waals surface area contributed by atoms with E-state index in [0.29, 0.717) is 0 Å². The van der Waals surface area contributed by atoms with Gasteiger partial charge in [0.05, 0.1) is 18.6 Å². The van der Waals surface area contributed by atoms with Crippen LogP contribution in [-0.4, -0.2) is 78.1 Å². The number of rotatable bonds is 8. The molecule has 0 radical (unpaired) electrons. The summed E-state index contributed by atoms with van der Waals surface area (Å²) in [5.74, 6) is -1.67. The van der Waals surface area contributed by atoms with E-state index in [1.54, 1.807) is 0 Å². The van der Waals surface area contributed by atoms with Crippen LogP contribution in [0.1, 0.15) is 29.9 Å². The molecule has 34 heavy (non-hydrogen) atoms. The molecule has 0 spiro atoms. The fourth-order valence-corrected chi connectivity index (χ4v) is 4.72. The Morgan fingerprint density at radius 3 is 2.29 bits per heavy atom. The van der Waals surface area contributed by atoms with Crippen LogP contribution in [0.5, 0.6) is 0 Å². The van der Waals surface area contributed by atoms with Gasteiger partial charge in [-0.3, -0.25) is 4.79 Å². The number of benzene rings is 2. The third kappa shape index (κ3) is 4.90. The lowest BCUT2D eigenvalue weighted by Crippen LogP contribution is -2.43. The summed E-state index contributed by atoms with van der Waals surface area (Å²) in [4.78, 5) is 37.5. The second-order valence-electron chi connectivity index (χ2n) is 8.56. The Balaban J connectivity index is 1.30. The van der Waals surface area contributed by atoms with E-state index in [9.17, 15) is 24.6 Å². The second kappa shape index (κ2) is 10.2. The van der Waals surface area contributed by atoms with Gasteiger partial charge < -0.3 is 29.9 Å². The molecule has 1 heterocycles. The van der Waals surface area contributed by atoms with Crippen molar-refractivity contribution in [2.45, 2.75) is 37.0 Å². The molecule has 180 valence electrons. The van der Waals surface area contributed by atoms with Crippen molar-refractivity contribution in [1.29, 1.82) is 0 Å². The number of carboxylic acids is 1. The minimum Gasteiger partial charge on any atom is -0.480 e. The third-order valence-corrected chi connectivity index (χ3v) is 6.44. The van der Waals surface area contributed by atoms with Crippen molar-refractivity contribution >= 4 is 18.0 Å². The van der Waals surface area contributed by atoms with Crippen molar-refractivity contribution in [3.63, 3.8) is 0 Å². The van der Waals surface area contributed by atoms with Crippen LogP contribution in [0, 0.1) is 0 Å². The van der Waals surface area contributed by atoms with Crippen molar-refractivity contribution in [3.05, 3.63) is 59.7 Å². The molecule has 2 aromatic rings. The topological polar surface area (TPSA) is 125 Å². The van der Waals surface area contributed by atoms with Crippen LogP contribution in [0.3, 0.4) is 0 Å². The highest BCUT2D eigenvalue weighted by atomic mass is 16.5. The minimum atomic E-state index is -1.16. The predicted octanol–water partition coefficient (Wildman–Crippen LogP) is 1.98. The lowest BCUT2D eigenvalue weighted by Gasteiger charge is -2.24. The highest BCUT2D eigenvalue weighted by Gasteiger charge is 2.39. The van der Waals surface area contributed by atoms with E-state index in [0.717, 1.165) is 27.2 Å². The fraction of sp³-hybridized carbons (Fsp3) is 0.400. The summed E-state index contributed by atoms with van der Waals surface area (Å²) in [6.45, 7) is 0.154. The van der Waals surface area contributed by atoms with Crippen LogP contribution in [0.2, 0.25) is 0 Å². The van der Waals surface area contributed by atoms with Gasteiger partial charge in [0, 0.05) is 32.5 Å². The molecule has 0 aromatic heterocycles. The Morgan fingerprint density at radius 2 is 1.71 bits per heavy atom. The van der Waals surface area contributed by atoms with Gasteiger partial charge >= 0.3 is 12.1 Å². The van der Waals surface area contributed by atoms with Gasteiger partial charge in [-0.2, -0.15) is 0 Å². The smallest absolute Gasteiger partial charge is 0.407 e. The number of β-amino-alcohol motifs (C(OH)–C–C–N with tert-alkyl or cyclic N) is 1. The number of carboxylic acid groups (broad SMARTS) is 1. The highest BCUT2D eigenvalue weighted by molar-refractivity contribution is 5.85. The number of alkyl carbamates (subject to hydrolysis) is 1. The van der Waals surface area contributed by atoms with Gasteiger partial charge in [-0.1, -0.05) is 48.5 Å². The summed E-state index contributed by atoms with van der Waals surface area (Å²) >= 11 is 0. The maximum Gasteiger partial charge on any atom is 0.407 e. The lowest BCUT2D eigenvalue weighted by molar-refractivity contribution is -0.149. The molecule has 2 aromatic carbocycles. The fourth-order valence-electron chi connectivity index (χ4n) is 4.72. The largest absolute Gasteiger partial charge is 0.480 e. The molecule has 1 aliphatic heterocycles. The van der Waals surface area contributed by atoms with Crippen molar-refractivity contribution in [3.8, 4) is 11.1 Å². The number of carbonyl (C=O) groups is 3. The molecular formula is C25H28N2O7. The second-order valence-corrected chi connectivity index (χ2v) is 8.56. The van der Waals surface area contributed by atoms with Crippen LogP contribution < -0.4 is 5.32 Å². The number of fused-ring (bicyclic) bond motifs is 3. The Bertz CT molecular complexity index is 1030. The molecule has 9 heteroatoms.